The number of ether oxygens (including phenoxy) is 1. The number of hydrogen-bond acceptors (Lipinski definition) is 4. The van der Waals surface area contributed by atoms with E-state index in [1.807, 2.05) is 0 Å². The Morgan fingerprint density at radius 3 is 2.74 bits per heavy atom. The SMILES string of the molecule is CNC(=O)CCNCC(O)COc1ccc(F)cc1. The minimum atomic E-state index is -0.685. The van der Waals surface area contributed by atoms with Crippen LogP contribution >= 0.6 is 0 Å². The minimum absolute atomic E-state index is 0.0513. The third kappa shape index (κ3) is 6.73. The summed E-state index contributed by atoms with van der Waals surface area (Å²) in [5.74, 6) is 0.124. The maximum Gasteiger partial charge on any atom is 0.221 e. The van der Waals surface area contributed by atoms with E-state index in [1.54, 1.807) is 7.05 Å². The number of aliphatic hydroxyl groups excluding tert-OH is 1. The molecule has 5 nitrogen and oxygen atoms in total. The quantitative estimate of drug-likeness (QED) is 0.594. The molecule has 0 spiro atoms. The molecule has 1 atom stereocenters. The second-order valence-corrected chi connectivity index (χ2v) is 4.05. The van der Waals surface area contributed by atoms with Crippen molar-refractivity contribution in [3.63, 3.8) is 0 Å². The molecule has 3 N–H and O–H groups in total. The molecule has 0 saturated heterocycles. The van der Waals surface area contributed by atoms with Gasteiger partial charge < -0.3 is 20.5 Å². The fourth-order valence-electron chi connectivity index (χ4n) is 1.38. The van der Waals surface area contributed by atoms with Crippen LogP contribution in [0.3, 0.4) is 0 Å². The molecule has 0 aliphatic carbocycles. The lowest BCUT2D eigenvalue weighted by Crippen LogP contribution is -2.33. The predicted octanol–water partition coefficient (Wildman–Crippen LogP) is 0.291. The standard InChI is InChI=1S/C13H19FN2O3/c1-15-13(18)6-7-16-8-11(17)9-19-12-4-2-10(14)3-5-12/h2-5,11,16-17H,6-9H2,1H3,(H,15,18). The Labute approximate surface area is 111 Å². The van der Waals surface area contributed by atoms with E-state index in [0.29, 0.717) is 25.3 Å². The van der Waals surface area contributed by atoms with Gasteiger partial charge >= 0.3 is 0 Å². The van der Waals surface area contributed by atoms with Crippen molar-refractivity contribution in [3.05, 3.63) is 30.1 Å². The van der Waals surface area contributed by atoms with Crippen LogP contribution in [0.5, 0.6) is 5.75 Å². The van der Waals surface area contributed by atoms with Gasteiger partial charge in [0.15, 0.2) is 0 Å². The van der Waals surface area contributed by atoms with E-state index >= 15 is 0 Å². The highest BCUT2D eigenvalue weighted by Gasteiger charge is 2.05. The summed E-state index contributed by atoms with van der Waals surface area (Å²) in [6.45, 7) is 0.935. The van der Waals surface area contributed by atoms with Crippen LogP contribution in [-0.4, -0.2) is 43.9 Å². The number of benzene rings is 1. The second kappa shape index (κ2) is 8.44. The van der Waals surface area contributed by atoms with E-state index in [4.69, 9.17) is 4.74 Å². The molecule has 1 aromatic rings. The molecule has 1 aromatic carbocycles. The number of carbonyl (C=O) groups excluding carboxylic acids is 1. The molecule has 1 rings (SSSR count). The van der Waals surface area contributed by atoms with E-state index in [1.165, 1.54) is 24.3 Å². The molecule has 0 heterocycles. The smallest absolute Gasteiger partial charge is 0.221 e. The number of hydrogen-bond donors (Lipinski definition) is 3. The van der Waals surface area contributed by atoms with Gasteiger partial charge in [-0.2, -0.15) is 0 Å². The minimum Gasteiger partial charge on any atom is -0.491 e. The van der Waals surface area contributed by atoms with Gasteiger partial charge in [-0.1, -0.05) is 0 Å². The van der Waals surface area contributed by atoms with Gasteiger partial charge in [0.2, 0.25) is 5.91 Å². The predicted molar refractivity (Wildman–Crippen MR) is 69.5 cm³/mol. The van der Waals surface area contributed by atoms with Crippen molar-refractivity contribution in [2.75, 3.05) is 26.7 Å². The second-order valence-electron chi connectivity index (χ2n) is 4.05. The lowest BCUT2D eigenvalue weighted by atomic mass is 10.3. The molecule has 106 valence electrons. The van der Waals surface area contributed by atoms with Crippen LogP contribution in [0.2, 0.25) is 0 Å². The average Bonchev–Trinajstić information content (AvgIpc) is 2.42. The molecule has 0 aliphatic rings. The van der Waals surface area contributed by atoms with Crippen molar-refractivity contribution in [2.45, 2.75) is 12.5 Å². The molecular formula is C13H19FN2O3. The first kappa shape index (κ1) is 15.4. The molecule has 0 bridgehead atoms. The van der Waals surface area contributed by atoms with E-state index < -0.39 is 6.10 Å². The zero-order valence-electron chi connectivity index (χ0n) is 10.9. The van der Waals surface area contributed by atoms with Crippen molar-refractivity contribution in [1.29, 1.82) is 0 Å². The summed E-state index contributed by atoms with van der Waals surface area (Å²) in [6.07, 6.45) is -0.322. The Morgan fingerprint density at radius 2 is 2.11 bits per heavy atom. The Hall–Kier alpha value is -1.66. The van der Waals surface area contributed by atoms with Crippen molar-refractivity contribution in [1.82, 2.24) is 10.6 Å². The highest BCUT2D eigenvalue weighted by molar-refractivity contribution is 5.75. The normalized spacial score (nSPS) is 11.9. The third-order valence-electron chi connectivity index (χ3n) is 2.44. The summed E-state index contributed by atoms with van der Waals surface area (Å²) in [5, 5.41) is 15.1. The highest BCUT2D eigenvalue weighted by Crippen LogP contribution is 2.10. The van der Waals surface area contributed by atoms with Gasteiger partial charge in [0.1, 0.15) is 24.3 Å². The van der Waals surface area contributed by atoms with E-state index in [9.17, 15) is 14.3 Å². The number of rotatable bonds is 8. The maximum absolute atomic E-state index is 12.6. The van der Waals surface area contributed by atoms with Gasteiger partial charge in [-0.05, 0) is 24.3 Å². The number of halogens is 1. The number of aliphatic hydroxyl groups is 1. The molecular weight excluding hydrogens is 251 g/mol. The summed E-state index contributed by atoms with van der Waals surface area (Å²) in [4.78, 5) is 10.9. The van der Waals surface area contributed by atoms with Crippen LogP contribution in [0.4, 0.5) is 4.39 Å². The first-order valence-corrected chi connectivity index (χ1v) is 6.09. The molecule has 19 heavy (non-hydrogen) atoms. The van der Waals surface area contributed by atoms with Crippen LogP contribution in [0, 0.1) is 5.82 Å². The van der Waals surface area contributed by atoms with Gasteiger partial charge in [-0.3, -0.25) is 4.79 Å². The molecule has 6 heteroatoms. The first-order valence-electron chi connectivity index (χ1n) is 6.09. The summed E-state index contributed by atoms with van der Waals surface area (Å²) in [5.41, 5.74) is 0. The molecule has 1 amide bonds. The third-order valence-corrected chi connectivity index (χ3v) is 2.44. The lowest BCUT2D eigenvalue weighted by molar-refractivity contribution is -0.120. The Kier molecular flexibility index (Phi) is 6.84. The zero-order chi connectivity index (χ0) is 14.1. The summed E-state index contributed by atoms with van der Waals surface area (Å²) in [6, 6.07) is 5.59. The summed E-state index contributed by atoms with van der Waals surface area (Å²) >= 11 is 0. The Morgan fingerprint density at radius 1 is 1.42 bits per heavy atom. The van der Waals surface area contributed by atoms with Crippen molar-refractivity contribution >= 4 is 5.91 Å². The number of nitrogens with one attached hydrogen (secondary N) is 2. The average molecular weight is 270 g/mol. The zero-order valence-corrected chi connectivity index (χ0v) is 10.9. The van der Waals surface area contributed by atoms with E-state index in [0.717, 1.165) is 0 Å². The van der Waals surface area contributed by atoms with Crippen molar-refractivity contribution in [3.8, 4) is 5.75 Å². The topological polar surface area (TPSA) is 70.6 Å². The van der Waals surface area contributed by atoms with Crippen molar-refractivity contribution in [2.24, 2.45) is 0 Å². The van der Waals surface area contributed by atoms with Crippen LogP contribution < -0.4 is 15.4 Å². The van der Waals surface area contributed by atoms with Crippen LogP contribution in [0.15, 0.2) is 24.3 Å². The van der Waals surface area contributed by atoms with Gasteiger partial charge in [-0.15, -0.1) is 0 Å². The fraction of sp³-hybridized carbons (Fsp3) is 0.462. The monoisotopic (exact) mass is 270 g/mol. The highest BCUT2D eigenvalue weighted by atomic mass is 19.1. The van der Waals surface area contributed by atoms with Crippen molar-refractivity contribution < 1.29 is 19.0 Å². The largest absolute Gasteiger partial charge is 0.491 e. The van der Waals surface area contributed by atoms with Gasteiger partial charge in [0, 0.05) is 26.6 Å². The molecule has 0 aliphatic heterocycles. The molecule has 0 radical (unpaired) electrons. The number of carbonyl (C=O) groups is 1. The Bertz CT molecular complexity index is 384. The van der Waals surface area contributed by atoms with E-state index in [-0.39, 0.29) is 18.3 Å². The van der Waals surface area contributed by atoms with Gasteiger partial charge in [0.25, 0.3) is 0 Å². The molecule has 0 saturated carbocycles. The van der Waals surface area contributed by atoms with E-state index in [2.05, 4.69) is 10.6 Å². The van der Waals surface area contributed by atoms with Crippen LogP contribution in [-0.2, 0) is 4.79 Å². The van der Waals surface area contributed by atoms with Gasteiger partial charge in [-0.25, -0.2) is 4.39 Å². The lowest BCUT2D eigenvalue weighted by Gasteiger charge is -2.13. The van der Waals surface area contributed by atoms with Crippen LogP contribution in [0.1, 0.15) is 6.42 Å². The Balaban J connectivity index is 2.12. The number of amides is 1. The molecule has 0 aromatic heterocycles. The maximum atomic E-state index is 12.6. The first-order chi connectivity index (χ1) is 9.11. The van der Waals surface area contributed by atoms with Crippen LogP contribution in [0.25, 0.3) is 0 Å². The molecule has 0 fully saturated rings. The summed E-state index contributed by atoms with van der Waals surface area (Å²) in [7, 11) is 1.58. The fourth-order valence-corrected chi connectivity index (χ4v) is 1.38. The van der Waals surface area contributed by atoms with Gasteiger partial charge in [0.05, 0.1) is 0 Å². The molecule has 1 unspecified atom stereocenters. The summed E-state index contributed by atoms with van der Waals surface area (Å²) < 4.78 is 17.9.